The van der Waals surface area contributed by atoms with E-state index in [4.69, 9.17) is 5.73 Å². The Labute approximate surface area is 142 Å². The number of carbonyl (C=O) groups excluding carboxylic acids is 2. The minimum Gasteiger partial charge on any atom is -0.365 e. The van der Waals surface area contributed by atoms with Crippen LogP contribution in [0.3, 0.4) is 0 Å². The zero-order chi connectivity index (χ0) is 17.5. The number of nitrogens with two attached hydrogens (primary N) is 1. The van der Waals surface area contributed by atoms with Crippen LogP contribution in [0, 0.1) is 0 Å². The molecule has 0 aliphatic heterocycles. The number of aryl methyl sites for hydroxylation is 1. The van der Waals surface area contributed by atoms with Crippen molar-refractivity contribution in [3.05, 3.63) is 32.1 Å². The van der Waals surface area contributed by atoms with Gasteiger partial charge in [0, 0.05) is 4.88 Å². The highest BCUT2D eigenvalue weighted by Crippen LogP contribution is 2.39. The summed E-state index contributed by atoms with van der Waals surface area (Å²) in [5.74, 6) is -1.63. The van der Waals surface area contributed by atoms with Gasteiger partial charge in [0.2, 0.25) is 0 Å². The largest absolute Gasteiger partial charge is 0.434 e. The minimum absolute atomic E-state index is 0.209. The summed E-state index contributed by atoms with van der Waals surface area (Å²) in [6.07, 6.45) is -1.40. The Kier molecular flexibility index (Phi) is 4.35. The Balaban J connectivity index is 1.95. The SMILES string of the molecule is NC(=O)c1c(NC(=O)c2scnc2C(F)(F)F)sc2c1CCCC2. The molecule has 2 heterocycles. The zero-order valence-corrected chi connectivity index (χ0v) is 13.8. The number of hydrogen-bond acceptors (Lipinski definition) is 5. The number of carbonyl (C=O) groups is 2. The molecule has 0 spiro atoms. The van der Waals surface area contributed by atoms with E-state index in [1.807, 2.05) is 0 Å². The molecule has 0 fully saturated rings. The fourth-order valence-electron chi connectivity index (χ4n) is 2.68. The third-order valence-corrected chi connectivity index (χ3v) is 5.72. The van der Waals surface area contributed by atoms with Crippen molar-refractivity contribution < 1.29 is 22.8 Å². The maximum Gasteiger partial charge on any atom is 0.434 e. The van der Waals surface area contributed by atoms with E-state index in [0.717, 1.165) is 35.2 Å². The van der Waals surface area contributed by atoms with Gasteiger partial charge < -0.3 is 11.1 Å². The van der Waals surface area contributed by atoms with Crippen LogP contribution in [0.25, 0.3) is 0 Å². The number of rotatable bonds is 3. The lowest BCUT2D eigenvalue weighted by atomic mass is 9.95. The third kappa shape index (κ3) is 3.03. The van der Waals surface area contributed by atoms with Gasteiger partial charge in [0.1, 0.15) is 9.88 Å². The number of thiazole rings is 1. The standard InChI is InChI=1S/C14H12F3N3O2S2/c15-14(16,17)10-9(23-5-19-10)12(22)20-13-8(11(18)21)6-3-1-2-4-7(6)24-13/h5H,1-4H2,(H2,18,21)(H,20,22). The van der Waals surface area contributed by atoms with Crippen molar-refractivity contribution >= 4 is 39.5 Å². The molecular weight excluding hydrogens is 363 g/mol. The molecule has 0 bridgehead atoms. The van der Waals surface area contributed by atoms with Crippen LogP contribution in [0.5, 0.6) is 0 Å². The highest BCUT2D eigenvalue weighted by Gasteiger charge is 2.38. The molecule has 3 N–H and O–H groups in total. The first-order valence-corrected chi connectivity index (χ1v) is 8.75. The lowest BCUT2D eigenvalue weighted by Crippen LogP contribution is -2.20. The second-order valence-electron chi connectivity index (χ2n) is 5.26. The fourth-order valence-corrected chi connectivity index (χ4v) is 4.68. The number of alkyl halides is 3. The predicted octanol–water partition coefficient (Wildman–Crippen LogP) is 3.45. The van der Waals surface area contributed by atoms with Gasteiger partial charge in [-0.3, -0.25) is 9.59 Å². The van der Waals surface area contributed by atoms with Crippen molar-refractivity contribution in [2.75, 3.05) is 5.32 Å². The van der Waals surface area contributed by atoms with Crippen LogP contribution in [0.4, 0.5) is 18.2 Å². The van der Waals surface area contributed by atoms with Gasteiger partial charge in [-0.25, -0.2) is 4.98 Å². The van der Waals surface area contributed by atoms with E-state index in [2.05, 4.69) is 10.3 Å². The smallest absolute Gasteiger partial charge is 0.365 e. The van der Waals surface area contributed by atoms with Crippen molar-refractivity contribution in [2.24, 2.45) is 5.73 Å². The summed E-state index contributed by atoms with van der Waals surface area (Å²) in [5.41, 5.74) is 6.15. The number of amides is 2. The minimum atomic E-state index is -4.71. The number of anilines is 1. The van der Waals surface area contributed by atoms with Crippen molar-refractivity contribution in [1.82, 2.24) is 4.98 Å². The molecule has 2 amide bonds. The quantitative estimate of drug-likeness (QED) is 0.862. The summed E-state index contributed by atoms with van der Waals surface area (Å²) in [6.45, 7) is 0. The number of nitrogens with zero attached hydrogens (tertiary/aromatic N) is 1. The molecule has 0 radical (unpaired) electrons. The molecule has 0 saturated carbocycles. The summed E-state index contributed by atoms with van der Waals surface area (Å²) in [7, 11) is 0. The van der Waals surface area contributed by atoms with Gasteiger partial charge in [-0.05, 0) is 31.2 Å². The third-order valence-electron chi connectivity index (χ3n) is 3.69. The highest BCUT2D eigenvalue weighted by molar-refractivity contribution is 7.17. The average Bonchev–Trinajstić information content (AvgIpc) is 3.10. The first-order chi connectivity index (χ1) is 11.3. The number of hydrogen-bond donors (Lipinski definition) is 2. The molecule has 1 aliphatic carbocycles. The summed E-state index contributed by atoms with van der Waals surface area (Å²) in [6, 6.07) is 0. The van der Waals surface area contributed by atoms with Crippen LogP contribution in [0.2, 0.25) is 0 Å². The maximum absolute atomic E-state index is 12.9. The highest BCUT2D eigenvalue weighted by atomic mass is 32.1. The fraction of sp³-hybridized carbons (Fsp3) is 0.357. The van der Waals surface area contributed by atoms with Crippen LogP contribution < -0.4 is 11.1 Å². The number of halogens is 3. The van der Waals surface area contributed by atoms with Gasteiger partial charge in [0.05, 0.1) is 11.1 Å². The average molecular weight is 375 g/mol. The van der Waals surface area contributed by atoms with Crippen LogP contribution in [-0.4, -0.2) is 16.8 Å². The van der Waals surface area contributed by atoms with Gasteiger partial charge >= 0.3 is 6.18 Å². The first kappa shape index (κ1) is 16.9. The number of nitrogens with one attached hydrogen (secondary N) is 1. The Morgan fingerprint density at radius 1 is 1.25 bits per heavy atom. The second-order valence-corrected chi connectivity index (χ2v) is 7.22. The molecule has 2 aromatic heterocycles. The van der Waals surface area contributed by atoms with E-state index >= 15 is 0 Å². The van der Waals surface area contributed by atoms with E-state index in [0.29, 0.717) is 17.8 Å². The summed E-state index contributed by atoms with van der Waals surface area (Å²) in [5, 5.41) is 2.62. The van der Waals surface area contributed by atoms with E-state index in [9.17, 15) is 22.8 Å². The van der Waals surface area contributed by atoms with Crippen LogP contribution in [0.15, 0.2) is 5.51 Å². The van der Waals surface area contributed by atoms with Crippen molar-refractivity contribution in [2.45, 2.75) is 31.9 Å². The van der Waals surface area contributed by atoms with Gasteiger partial charge in [-0.2, -0.15) is 13.2 Å². The number of fused-ring (bicyclic) bond motifs is 1. The van der Waals surface area contributed by atoms with Gasteiger partial charge in [-0.1, -0.05) is 0 Å². The van der Waals surface area contributed by atoms with E-state index in [1.54, 1.807) is 0 Å². The summed E-state index contributed by atoms with van der Waals surface area (Å²) >= 11 is 1.80. The van der Waals surface area contributed by atoms with Crippen molar-refractivity contribution in [3.8, 4) is 0 Å². The van der Waals surface area contributed by atoms with Gasteiger partial charge in [-0.15, -0.1) is 22.7 Å². The van der Waals surface area contributed by atoms with Crippen LogP contribution in [0.1, 0.15) is 49.0 Å². The van der Waals surface area contributed by atoms with Crippen molar-refractivity contribution in [3.63, 3.8) is 0 Å². The lowest BCUT2D eigenvalue weighted by Gasteiger charge is -2.11. The maximum atomic E-state index is 12.9. The Bertz CT molecular complexity index is 811. The number of aromatic nitrogens is 1. The first-order valence-electron chi connectivity index (χ1n) is 7.05. The van der Waals surface area contributed by atoms with E-state index in [-0.39, 0.29) is 10.6 Å². The molecule has 24 heavy (non-hydrogen) atoms. The Morgan fingerprint density at radius 2 is 1.96 bits per heavy atom. The van der Waals surface area contributed by atoms with Crippen molar-refractivity contribution in [1.29, 1.82) is 0 Å². The van der Waals surface area contributed by atoms with Gasteiger partial charge in [0.25, 0.3) is 11.8 Å². The summed E-state index contributed by atoms with van der Waals surface area (Å²) in [4.78, 5) is 27.6. The number of primary amides is 1. The summed E-state index contributed by atoms with van der Waals surface area (Å²) < 4.78 is 38.6. The molecule has 10 heteroatoms. The molecule has 2 aromatic rings. The molecule has 1 aliphatic rings. The Morgan fingerprint density at radius 3 is 2.62 bits per heavy atom. The molecular formula is C14H12F3N3O2S2. The molecule has 5 nitrogen and oxygen atoms in total. The normalized spacial score (nSPS) is 14.3. The van der Waals surface area contributed by atoms with Gasteiger partial charge in [0.15, 0.2) is 5.69 Å². The molecule has 128 valence electrons. The van der Waals surface area contributed by atoms with E-state index in [1.165, 1.54) is 11.3 Å². The predicted molar refractivity (Wildman–Crippen MR) is 84.5 cm³/mol. The molecule has 0 aromatic carbocycles. The topological polar surface area (TPSA) is 85.1 Å². The zero-order valence-electron chi connectivity index (χ0n) is 12.2. The second kappa shape index (κ2) is 6.17. The molecule has 0 atom stereocenters. The molecule has 3 rings (SSSR count). The van der Waals surface area contributed by atoms with Crippen LogP contribution >= 0.6 is 22.7 Å². The monoisotopic (exact) mass is 375 g/mol. The van der Waals surface area contributed by atoms with E-state index < -0.39 is 28.6 Å². The van der Waals surface area contributed by atoms with Crippen LogP contribution in [-0.2, 0) is 19.0 Å². The lowest BCUT2D eigenvalue weighted by molar-refractivity contribution is -0.141. The number of thiophene rings is 1. The Hall–Kier alpha value is -1.94. The molecule has 0 saturated heterocycles. The molecule has 0 unspecified atom stereocenters.